The van der Waals surface area contributed by atoms with Crippen LogP contribution in [0.25, 0.3) is 0 Å². The van der Waals surface area contributed by atoms with Crippen LogP contribution in [-0.2, 0) is 11.2 Å². The van der Waals surface area contributed by atoms with Gasteiger partial charge in [-0.3, -0.25) is 4.79 Å². The van der Waals surface area contributed by atoms with Crippen molar-refractivity contribution in [1.82, 2.24) is 4.90 Å². The molecule has 0 unspecified atom stereocenters. The smallest absolute Gasteiger partial charge is 0.227 e. The minimum atomic E-state index is -0.0516. The Morgan fingerprint density at radius 1 is 1.29 bits per heavy atom. The molecule has 2 heterocycles. The maximum absolute atomic E-state index is 13.0. The molecule has 1 saturated heterocycles. The van der Waals surface area contributed by atoms with Crippen LogP contribution in [0.4, 0.5) is 0 Å². The minimum absolute atomic E-state index is 0.0516. The van der Waals surface area contributed by atoms with Crippen LogP contribution in [0.15, 0.2) is 36.4 Å². The lowest BCUT2D eigenvalue weighted by molar-refractivity contribution is -0.150. The number of benzene rings is 1. The number of piperidine rings is 1. The molecule has 4 atom stereocenters. The molecule has 1 fully saturated rings. The van der Waals surface area contributed by atoms with E-state index in [1.54, 1.807) is 0 Å². The highest BCUT2D eigenvalue weighted by Crippen LogP contribution is 2.46. The Balaban J connectivity index is 1.78. The Morgan fingerprint density at radius 3 is 3.00 bits per heavy atom. The van der Waals surface area contributed by atoms with Gasteiger partial charge in [0.15, 0.2) is 0 Å². The molecule has 4 rings (SSSR count). The topological polar surface area (TPSA) is 40.5 Å². The molecule has 0 radical (unpaired) electrons. The van der Waals surface area contributed by atoms with Gasteiger partial charge in [-0.2, -0.15) is 0 Å². The highest BCUT2D eigenvalue weighted by atomic mass is 16.3. The number of allylic oxidation sites excluding steroid dienone is 2. The summed E-state index contributed by atoms with van der Waals surface area (Å²) in [5.74, 6) is 0.762. The van der Waals surface area contributed by atoms with Crippen LogP contribution in [0.5, 0.6) is 0 Å². The number of aliphatic hydroxyl groups is 1. The molecular weight excluding hydrogens is 262 g/mol. The molecule has 0 spiro atoms. The molecule has 0 saturated carbocycles. The van der Waals surface area contributed by atoms with Gasteiger partial charge in [0.05, 0.1) is 18.7 Å². The van der Waals surface area contributed by atoms with Crippen molar-refractivity contribution in [3.8, 4) is 0 Å². The lowest BCUT2D eigenvalue weighted by Crippen LogP contribution is -2.56. The van der Waals surface area contributed by atoms with Crippen molar-refractivity contribution < 1.29 is 9.90 Å². The van der Waals surface area contributed by atoms with Gasteiger partial charge in [-0.05, 0) is 42.7 Å². The van der Waals surface area contributed by atoms with Gasteiger partial charge < -0.3 is 10.0 Å². The number of carbonyl (C=O) groups is 1. The van der Waals surface area contributed by atoms with E-state index in [1.165, 1.54) is 11.1 Å². The second kappa shape index (κ2) is 4.99. The summed E-state index contributed by atoms with van der Waals surface area (Å²) in [7, 11) is 0. The Bertz CT molecular complexity index is 595. The van der Waals surface area contributed by atoms with Crippen molar-refractivity contribution >= 4 is 5.91 Å². The number of nitrogens with zero attached hydrogens (tertiary/aromatic N) is 1. The quantitative estimate of drug-likeness (QED) is 0.804. The average molecular weight is 283 g/mol. The lowest BCUT2D eigenvalue weighted by atomic mass is 9.71. The molecule has 1 aromatic rings. The van der Waals surface area contributed by atoms with E-state index >= 15 is 0 Å². The molecular formula is C18H21NO2. The Labute approximate surface area is 125 Å². The summed E-state index contributed by atoms with van der Waals surface area (Å²) in [6, 6.07) is 8.50. The van der Waals surface area contributed by atoms with E-state index < -0.39 is 0 Å². The number of amides is 1. The first-order valence-electron chi connectivity index (χ1n) is 7.97. The normalized spacial score (nSPS) is 34.1. The molecule has 1 aliphatic carbocycles. The third kappa shape index (κ3) is 1.95. The molecule has 21 heavy (non-hydrogen) atoms. The van der Waals surface area contributed by atoms with Gasteiger partial charge in [-0.15, -0.1) is 0 Å². The monoisotopic (exact) mass is 283 g/mol. The predicted octanol–water partition coefficient (Wildman–Crippen LogP) is 2.46. The summed E-state index contributed by atoms with van der Waals surface area (Å²) >= 11 is 0. The summed E-state index contributed by atoms with van der Waals surface area (Å²) in [6.07, 6.45) is 8.22. The Kier molecular flexibility index (Phi) is 3.11. The van der Waals surface area contributed by atoms with Crippen LogP contribution in [0, 0.1) is 11.8 Å². The maximum Gasteiger partial charge on any atom is 0.227 e. The van der Waals surface area contributed by atoms with E-state index in [0.717, 1.165) is 25.7 Å². The fourth-order valence-electron chi connectivity index (χ4n) is 4.42. The SMILES string of the molecule is O=C1[C@@H]2CCC=C[C@@H]2C[C@@H]2c3ccccc3C[C@@H](CO)N12. The van der Waals surface area contributed by atoms with Gasteiger partial charge in [-0.1, -0.05) is 36.4 Å². The molecule has 110 valence electrons. The average Bonchev–Trinajstić information content (AvgIpc) is 2.54. The van der Waals surface area contributed by atoms with Crippen molar-refractivity contribution in [3.05, 3.63) is 47.5 Å². The zero-order valence-corrected chi connectivity index (χ0v) is 12.1. The molecule has 1 amide bonds. The highest BCUT2D eigenvalue weighted by Gasteiger charge is 2.46. The zero-order chi connectivity index (χ0) is 14.4. The molecule has 3 aliphatic rings. The summed E-state index contributed by atoms with van der Waals surface area (Å²) in [5.41, 5.74) is 2.58. The second-order valence-corrected chi connectivity index (χ2v) is 6.51. The third-order valence-electron chi connectivity index (χ3n) is 5.42. The summed E-state index contributed by atoms with van der Waals surface area (Å²) in [6.45, 7) is 0.0593. The van der Waals surface area contributed by atoms with E-state index in [9.17, 15) is 9.90 Å². The highest BCUT2D eigenvalue weighted by molar-refractivity contribution is 5.82. The number of hydrogen-bond donors (Lipinski definition) is 1. The van der Waals surface area contributed by atoms with Gasteiger partial charge in [0.25, 0.3) is 0 Å². The van der Waals surface area contributed by atoms with Gasteiger partial charge >= 0.3 is 0 Å². The summed E-state index contributed by atoms with van der Waals surface area (Å²) < 4.78 is 0. The molecule has 1 aromatic carbocycles. The Morgan fingerprint density at radius 2 is 2.14 bits per heavy atom. The van der Waals surface area contributed by atoms with Crippen LogP contribution in [0.3, 0.4) is 0 Å². The van der Waals surface area contributed by atoms with Gasteiger partial charge in [0.1, 0.15) is 0 Å². The van der Waals surface area contributed by atoms with Crippen LogP contribution in [0.2, 0.25) is 0 Å². The first-order valence-corrected chi connectivity index (χ1v) is 7.97. The van der Waals surface area contributed by atoms with E-state index in [1.807, 2.05) is 4.90 Å². The van der Waals surface area contributed by atoms with Crippen molar-refractivity contribution in [2.24, 2.45) is 11.8 Å². The Hall–Kier alpha value is -1.61. The van der Waals surface area contributed by atoms with Crippen LogP contribution in [0.1, 0.15) is 36.4 Å². The number of carbonyl (C=O) groups excluding carboxylic acids is 1. The van der Waals surface area contributed by atoms with E-state index in [4.69, 9.17) is 0 Å². The molecule has 2 aliphatic heterocycles. The van der Waals surface area contributed by atoms with Crippen LogP contribution >= 0.6 is 0 Å². The fourth-order valence-corrected chi connectivity index (χ4v) is 4.42. The van der Waals surface area contributed by atoms with Gasteiger partial charge in [0, 0.05) is 5.92 Å². The number of fused-ring (bicyclic) bond motifs is 4. The first-order chi connectivity index (χ1) is 10.3. The van der Waals surface area contributed by atoms with E-state index in [-0.39, 0.29) is 30.5 Å². The number of aliphatic hydroxyl groups excluding tert-OH is 1. The predicted molar refractivity (Wildman–Crippen MR) is 80.6 cm³/mol. The standard InChI is InChI=1S/C18H21NO2/c20-11-14-9-12-5-1-3-7-15(12)17-10-13-6-2-4-8-16(13)18(21)19(14)17/h1-3,5-7,13-14,16-17,20H,4,8-11H2/t13-,14+,16-,17-/m1/s1. The van der Waals surface area contributed by atoms with E-state index in [2.05, 4.69) is 36.4 Å². The molecule has 0 aromatic heterocycles. The third-order valence-corrected chi connectivity index (χ3v) is 5.42. The number of rotatable bonds is 1. The van der Waals surface area contributed by atoms with Gasteiger partial charge in [-0.25, -0.2) is 0 Å². The van der Waals surface area contributed by atoms with Crippen LogP contribution < -0.4 is 0 Å². The molecule has 1 N–H and O–H groups in total. The number of hydrogen-bond acceptors (Lipinski definition) is 2. The van der Waals surface area contributed by atoms with E-state index in [0.29, 0.717) is 5.92 Å². The van der Waals surface area contributed by atoms with Crippen molar-refractivity contribution in [2.75, 3.05) is 6.61 Å². The van der Waals surface area contributed by atoms with Gasteiger partial charge in [0.2, 0.25) is 5.91 Å². The summed E-state index contributed by atoms with van der Waals surface area (Å²) in [5, 5.41) is 9.76. The lowest BCUT2D eigenvalue weighted by Gasteiger charge is -2.50. The zero-order valence-electron chi connectivity index (χ0n) is 12.1. The second-order valence-electron chi connectivity index (χ2n) is 6.51. The maximum atomic E-state index is 13.0. The van der Waals surface area contributed by atoms with Crippen molar-refractivity contribution in [2.45, 2.75) is 37.8 Å². The van der Waals surface area contributed by atoms with Crippen LogP contribution in [-0.4, -0.2) is 28.6 Å². The van der Waals surface area contributed by atoms with Crippen molar-refractivity contribution in [1.29, 1.82) is 0 Å². The molecule has 3 heteroatoms. The van der Waals surface area contributed by atoms with Crippen molar-refractivity contribution in [3.63, 3.8) is 0 Å². The minimum Gasteiger partial charge on any atom is -0.394 e. The fraction of sp³-hybridized carbons (Fsp3) is 0.500. The molecule has 0 bridgehead atoms. The largest absolute Gasteiger partial charge is 0.394 e. The molecule has 3 nitrogen and oxygen atoms in total. The first kappa shape index (κ1) is 13.1. The summed E-state index contributed by atoms with van der Waals surface area (Å²) in [4.78, 5) is 15.0.